The van der Waals surface area contributed by atoms with Crippen LogP contribution in [0.5, 0.6) is 0 Å². The smallest absolute Gasteiger partial charge is 0.0961 e. The van der Waals surface area contributed by atoms with Gasteiger partial charge in [-0.2, -0.15) is 0 Å². The number of thiophene rings is 2. The number of fused-ring (bicyclic) bond motifs is 1. The van der Waals surface area contributed by atoms with Gasteiger partial charge in [-0.3, -0.25) is 0 Å². The van der Waals surface area contributed by atoms with Crippen LogP contribution in [0.25, 0.3) is 10.1 Å². The molecule has 0 aliphatic heterocycles. The molecule has 1 atom stereocenters. The van der Waals surface area contributed by atoms with E-state index in [0.717, 1.165) is 9.90 Å². The van der Waals surface area contributed by atoms with E-state index in [1.54, 1.807) is 22.7 Å². The van der Waals surface area contributed by atoms with Crippen LogP contribution in [0.3, 0.4) is 0 Å². The average Bonchev–Trinajstić information content (AvgIpc) is 2.97. The second-order valence-electron chi connectivity index (χ2n) is 4.51. The summed E-state index contributed by atoms with van der Waals surface area (Å²) in [6, 6.07) is 10.9. The molecule has 3 aromatic rings. The number of rotatable bonds is 3. The normalized spacial score (nSPS) is 13.0. The molecule has 1 aromatic carbocycles. The first-order valence-corrected chi connectivity index (χ1v) is 8.17. The summed E-state index contributed by atoms with van der Waals surface area (Å²) in [5, 5.41) is 6.98. The van der Waals surface area contributed by atoms with Gasteiger partial charge in [0.05, 0.1) is 10.4 Å². The molecule has 2 heterocycles. The summed E-state index contributed by atoms with van der Waals surface area (Å²) < 4.78 is 2.21. The number of hydrogen-bond donors (Lipinski definition) is 1. The van der Waals surface area contributed by atoms with Gasteiger partial charge in [0.2, 0.25) is 0 Å². The Kier molecular flexibility index (Phi) is 3.63. The van der Waals surface area contributed by atoms with E-state index in [1.807, 2.05) is 7.05 Å². The maximum absolute atomic E-state index is 6.20. The molecule has 0 fully saturated rings. The molecule has 0 saturated carbocycles. The molecule has 2 aromatic heterocycles. The van der Waals surface area contributed by atoms with Crippen LogP contribution in [-0.2, 0) is 0 Å². The SMILES string of the molecule is CNC(c1cc(C)c(Cl)s1)c1csc2ccccc12. The minimum atomic E-state index is 0.215. The van der Waals surface area contributed by atoms with Crippen molar-refractivity contribution in [1.82, 2.24) is 5.32 Å². The van der Waals surface area contributed by atoms with Crippen LogP contribution in [0.15, 0.2) is 35.7 Å². The van der Waals surface area contributed by atoms with Crippen molar-refractivity contribution in [2.75, 3.05) is 7.05 Å². The summed E-state index contributed by atoms with van der Waals surface area (Å²) in [6.07, 6.45) is 0. The van der Waals surface area contributed by atoms with Gasteiger partial charge in [0, 0.05) is 9.58 Å². The van der Waals surface area contributed by atoms with Gasteiger partial charge in [0.15, 0.2) is 0 Å². The fourth-order valence-electron chi connectivity index (χ4n) is 2.30. The van der Waals surface area contributed by atoms with Crippen LogP contribution >= 0.6 is 34.3 Å². The Labute approximate surface area is 125 Å². The number of benzene rings is 1. The monoisotopic (exact) mass is 307 g/mol. The lowest BCUT2D eigenvalue weighted by atomic mass is 10.0. The first-order valence-electron chi connectivity index (χ1n) is 6.10. The van der Waals surface area contributed by atoms with Crippen molar-refractivity contribution in [2.24, 2.45) is 0 Å². The van der Waals surface area contributed by atoms with Gasteiger partial charge in [-0.05, 0) is 48.0 Å². The summed E-state index contributed by atoms with van der Waals surface area (Å²) in [5.74, 6) is 0. The maximum Gasteiger partial charge on any atom is 0.0961 e. The fourth-order valence-corrected chi connectivity index (χ4v) is 4.63. The maximum atomic E-state index is 6.20. The predicted molar refractivity (Wildman–Crippen MR) is 86.8 cm³/mol. The summed E-state index contributed by atoms with van der Waals surface area (Å²) in [5.41, 5.74) is 2.49. The lowest BCUT2D eigenvalue weighted by molar-refractivity contribution is 0.711. The summed E-state index contributed by atoms with van der Waals surface area (Å²) in [6.45, 7) is 2.06. The van der Waals surface area contributed by atoms with Crippen LogP contribution in [0.2, 0.25) is 4.34 Å². The van der Waals surface area contributed by atoms with Crippen LogP contribution < -0.4 is 5.32 Å². The molecule has 3 rings (SSSR count). The van der Waals surface area contributed by atoms with Crippen LogP contribution in [0, 0.1) is 6.92 Å². The molecular formula is C15H14ClNS2. The Bertz CT molecular complexity index is 694. The molecule has 0 radical (unpaired) electrons. The van der Waals surface area contributed by atoms with E-state index in [0.29, 0.717) is 0 Å². The van der Waals surface area contributed by atoms with Gasteiger partial charge >= 0.3 is 0 Å². The Hall–Kier alpha value is -0.870. The molecule has 4 heteroatoms. The van der Waals surface area contributed by atoms with E-state index in [-0.39, 0.29) is 6.04 Å². The van der Waals surface area contributed by atoms with Gasteiger partial charge in [-0.25, -0.2) is 0 Å². The molecule has 98 valence electrons. The van der Waals surface area contributed by atoms with Gasteiger partial charge in [-0.15, -0.1) is 22.7 Å². The Morgan fingerprint density at radius 2 is 2.05 bits per heavy atom. The summed E-state index contributed by atoms with van der Waals surface area (Å²) in [4.78, 5) is 1.27. The quantitative estimate of drug-likeness (QED) is 0.698. The molecule has 0 aliphatic carbocycles. The lowest BCUT2D eigenvalue weighted by Gasteiger charge is -2.14. The molecule has 1 N–H and O–H groups in total. The van der Waals surface area contributed by atoms with Crippen LogP contribution in [0.4, 0.5) is 0 Å². The lowest BCUT2D eigenvalue weighted by Crippen LogP contribution is -2.15. The third-order valence-electron chi connectivity index (χ3n) is 3.27. The number of nitrogens with one attached hydrogen (secondary N) is 1. The van der Waals surface area contributed by atoms with Crippen molar-refractivity contribution >= 4 is 44.4 Å². The zero-order valence-corrected chi connectivity index (χ0v) is 13.1. The second-order valence-corrected chi connectivity index (χ2v) is 7.11. The van der Waals surface area contributed by atoms with Gasteiger partial charge in [-0.1, -0.05) is 29.8 Å². The van der Waals surface area contributed by atoms with Crippen molar-refractivity contribution in [2.45, 2.75) is 13.0 Å². The minimum Gasteiger partial charge on any atom is -0.309 e. The topological polar surface area (TPSA) is 12.0 Å². The van der Waals surface area contributed by atoms with E-state index in [9.17, 15) is 0 Å². The zero-order valence-electron chi connectivity index (χ0n) is 10.7. The highest BCUT2D eigenvalue weighted by Gasteiger charge is 2.19. The third kappa shape index (κ3) is 2.32. The zero-order chi connectivity index (χ0) is 13.4. The van der Waals surface area contributed by atoms with Gasteiger partial charge in [0.1, 0.15) is 0 Å². The first-order chi connectivity index (χ1) is 9.20. The summed E-state index contributed by atoms with van der Waals surface area (Å²) >= 11 is 9.66. The fraction of sp³-hybridized carbons (Fsp3) is 0.200. The highest BCUT2D eigenvalue weighted by Crippen LogP contribution is 2.38. The molecule has 19 heavy (non-hydrogen) atoms. The van der Waals surface area contributed by atoms with Crippen molar-refractivity contribution in [1.29, 1.82) is 0 Å². The average molecular weight is 308 g/mol. The molecule has 0 amide bonds. The molecule has 1 unspecified atom stereocenters. The highest BCUT2D eigenvalue weighted by atomic mass is 35.5. The number of aryl methyl sites for hydroxylation is 1. The molecule has 0 aliphatic rings. The molecule has 0 spiro atoms. The highest BCUT2D eigenvalue weighted by molar-refractivity contribution is 7.17. The van der Waals surface area contributed by atoms with Crippen molar-refractivity contribution in [3.8, 4) is 0 Å². The van der Waals surface area contributed by atoms with E-state index in [1.165, 1.54) is 20.5 Å². The Morgan fingerprint density at radius 1 is 1.26 bits per heavy atom. The third-order valence-corrected chi connectivity index (χ3v) is 5.87. The van der Waals surface area contributed by atoms with Crippen LogP contribution in [-0.4, -0.2) is 7.05 Å². The van der Waals surface area contributed by atoms with Crippen LogP contribution in [0.1, 0.15) is 22.0 Å². The first kappa shape index (κ1) is 13.1. The van der Waals surface area contributed by atoms with E-state index in [2.05, 4.69) is 48.0 Å². The number of halogens is 1. The van der Waals surface area contributed by atoms with E-state index in [4.69, 9.17) is 11.6 Å². The molecule has 1 nitrogen and oxygen atoms in total. The molecule has 0 bridgehead atoms. The molecular weight excluding hydrogens is 294 g/mol. The largest absolute Gasteiger partial charge is 0.309 e. The van der Waals surface area contributed by atoms with Crippen molar-refractivity contribution in [3.05, 3.63) is 56.1 Å². The van der Waals surface area contributed by atoms with Gasteiger partial charge in [0.25, 0.3) is 0 Å². The number of hydrogen-bond acceptors (Lipinski definition) is 3. The standard InChI is InChI=1S/C15H14ClNS2/c1-9-7-13(19-15(9)16)14(17-2)11-8-18-12-6-4-3-5-10(11)12/h3-8,14,17H,1-2H3. The van der Waals surface area contributed by atoms with E-state index >= 15 is 0 Å². The Balaban J connectivity index is 2.12. The van der Waals surface area contributed by atoms with Crippen molar-refractivity contribution in [3.63, 3.8) is 0 Å². The minimum absolute atomic E-state index is 0.215. The summed E-state index contributed by atoms with van der Waals surface area (Å²) in [7, 11) is 2.00. The van der Waals surface area contributed by atoms with Crippen molar-refractivity contribution < 1.29 is 0 Å². The second kappa shape index (κ2) is 5.25. The Morgan fingerprint density at radius 3 is 2.74 bits per heavy atom. The predicted octanol–water partition coefficient (Wildman–Crippen LogP) is 5.23. The molecule has 0 saturated heterocycles. The van der Waals surface area contributed by atoms with E-state index < -0.39 is 0 Å². The van der Waals surface area contributed by atoms with Gasteiger partial charge < -0.3 is 5.32 Å².